The molecule has 34 heavy (non-hydrogen) atoms. The van der Waals surface area contributed by atoms with Crippen LogP contribution in [-0.2, 0) is 23.2 Å². The minimum atomic E-state index is -2.22. The number of aromatic hydroxyl groups is 1. The van der Waals surface area contributed by atoms with Crippen molar-refractivity contribution in [3.63, 3.8) is 0 Å². The van der Waals surface area contributed by atoms with Gasteiger partial charge in [-0.05, 0) is 23.8 Å². The highest BCUT2D eigenvalue weighted by Gasteiger charge is 2.71. The summed E-state index contributed by atoms with van der Waals surface area (Å²) in [4.78, 5) is 48.1. The van der Waals surface area contributed by atoms with E-state index in [4.69, 9.17) is 58.0 Å². The zero-order chi connectivity index (χ0) is 24.9. The molecule has 1 aliphatic heterocycles. The summed E-state index contributed by atoms with van der Waals surface area (Å²) in [7, 11) is 1.32. The third-order valence-corrected chi connectivity index (χ3v) is 9.28. The molecule has 1 fully saturated rings. The number of nitrogens with zero attached hydrogens (tertiary/aromatic N) is 3. The Hall–Kier alpha value is -1.97. The Morgan fingerprint density at radius 2 is 1.65 bits per heavy atom. The summed E-state index contributed by atoms with van der Waals surface area (Å²) in [6.45, 7) is -0.0205. The Bertz CT molecular complexity index is 1500. The number of benzene rings is 1. The summed E-state index contributed by atoms with van der Waals surface area (Å²) < 4.78 is 3.30. The molecule has 5 rings (SSSR count). The summed E-state index contributed by atoms with van der Waals surface area (Å²) in [6, 6.07) is 3.18. The topological polar surface area (TPSA) is 103 Å². The molecule has 4 atom stereocenters. The number of carbonyl (C=O) groups excluding carboxylic acids is 2. The lowest BCUT2D eigenvalue weighted by atomic mass is 9.59. The first-order chi connectivity index (χ1) is 15.9. The first-order valence-corrected chi connectivity index (χ1v) is 11.8. The van der Waals surface area contributed by atoms with Gasteiger partial charge in [-0.2, -0.15) is 0 Å². The van der Waals surface area contributed by atoms with Gasteiger partial charge in [-0.25, -0.2) is 23.5 Å². The van der Waals surface area contributed by atoms with Crippen LogP contribution < -0.4 is 11.4 Å². The average Bonchev–Trinajstić information content (AvgIpc) is 3.03. The van der Waals surface area contributed by atoms with Crippen LogP contribution >= 0.6 is 58.0 Å². The zero-order valence-electron chi connectivity index (χ0n) is 17.2. The first-order valence-electron chi connectivity index (χ1n) is 9.95. The maximum Gasteiger partial charge on any atom is 0.347 e. The molecule has 0 radical (unpaired) electrons. The van der Waals surface area contributed by atoms with Gasteiger partial charge in [0, 0.05) is 30.0 Å². The van der Waals surface area contributed by atoms with Crippen molar-refractivity contribution < 1.29 is 14.7 Å². The summed E-state index contributed by atoms with van der Waals surface area (Å²) in [5.74, 6) is -3.31. The molecule has 1 aromatic heterocycles. The summed E-state index contributed by atoms with van der Waals surface area (Å²) in [5.41, 5.74) is -0.709. The number of carbonyl (C=O) groups is 2. The van der Waals surface area contributed by atoms with Gasteiger partial charge in [0.05, 0.1) is 12.6 Å². The molecule has 2 aliphatic carbocycles. The number of halogens is 5. The van der Waals surface area contributed by atoms with E-state index >= 15 is 0 Å². The van der Waals surface area contributed by atoms with Gasteiger partial charge in [0.25, 0.3) is 0 Å². The molecule has 1 N–H and O–H groups in total. The van der Waals surface area contributed by atoms with E-state index in [-0.39, 0.29) is 29.3 Å². The smallest absolute Gasteiger partial charge is 0.347 e. The normalized spacial score (nSPS) is 30.6. The van der Waals surface area contributed by atoms with Gasteiger partial charge >= 0.3 is 11.4 Å². The third-order valence-electron chi connectivity index (χ3n) is 6.80. The number of hydrogen-bond acceptors (Lipinski definition) is 5. The molecule has 0 bridgehead atoms. The Kier molecular flexibility index (Phi) is 5.25. The molecule has 0 saturated heterocycles. The Labute approximate surface area is 216 Å². The van der Waals surface area contributed by atoms with Crippen LogP contribution in [0.3, 0.4) is 0 Å². The molecule has 1 saturated carbocycles. The molecule has 1 aromatic carbocycles. The minimum Gasteiger partial charge on any atom is -0.508 e. The van der Waals surface area contributed by atoms with Crippen LogP contribution in [0.1, 0.15) is 23.9 Å². The van der Waals surface area contributed by atoms with Crippen LogP contribution in [0.2, 0.25) is 5.02 Å². The lowest BCUT2D eigenvalue weighted by Gasteiger charge is -2.54. The average molecular weight is 566 g/mol. The van der Waals surface area contributed by atoms with Crippen molar-refractivity contribution >= 4 is 69.6 Å². The summed E-state index contributed by atoms with van der Waals surface area (Å²) >= 11 is 32.4. The van der Waals surface area contributed by atoms with E-state index in [1.54, 1.807) is 6.08 Å². The van der Waals surface area contributed by atoms with Gasteiger partial charge in [-0.1, -0.05) is 40.9 Å². The van der Waals surface area contributed by atoms with Gasteiger partial charge in [0.1, 0.15) is 25.6 Å². The Morgan fingerprint density at radius 1 is 1.00 bits per heavy atom. The molecular formula is C21H14Cl5N3O5. The maximum absolute atomic E-state index is 13.6. The van der Waals surface area contributed by atoms with Crippen LogP contribution in [0.25, 0.3) is 0 Å². The van der Waals surface area contributed by atoms with Crippen molar-refractivity contribution in [1.82, 2.24) is 13.9 Å². The summed E-state index contributed by atoms with van der Waals surface area (Å²) in [5, 5.41) is 9.82. The minimum absolute atomic E-state index is 0.0205. The number of fused-ring (bicyclic) bond motifs is 4. The van der Waals surface area contributed by atoms with Crippen LogP contribution in [0.5, 0.6) is 5.75 Å². The van der Waals surface area contributed by atoms with E-state index in [2.05, 4.69) is 0 Å². The molecule has 0 amide bonds. The predicted octanol–water partition coefficient (Wildman–Crippen LogP) is 3.17. The van der Waals surface area contributed by atoms with Gasteiger partial charge in [-0.3, -0.25) is 9.59 Å². The lowest BCUT2D eigenvalue weighted by Crippen LogP contribution is -2.67. The molecule has 3 aliphatic rings. The van der Waals surface area contributed by atoms with Crippen LogP contribution in [-0.4, -0.2) is 40.4 Å². The quantitative estimate of drug-likeness (QED) is 0.423. The number of phenolic OH excluding ortho intramolecular Hbond substituents is 1. The van der Waals surface area contributed by atoms with Crippen molar-refractivity contribution in [2.24, 2.45) is 7.05 Å². The second kappa shape index (κ2) is 7.51. The van der Waals surface area contributed by atoms with Crippen molar-refractivity contribution in [1.29, 1.82) is 0 Å². The number of rotatable bonds is 1. The van der Waals surface area contributed by atoms with Gasteiger partial charge in [0.15, 0.2) is 11.6 Å². The van der Waals surface area contributed by atoms with Crippen LogP contribution in [0, 0.1) is 0 Å². The molecule has 8 nitrogen and oxygen atoms in total. The number of phenols is 1. The number of ketones is 2. The fourth-order valence-electron chi connectivity index (χ4n) is 5.18. The van der Waals surface area contributed by atoms with Crippen molar-refractivity contribution in [3.8, 4) is 5.75 Å². The second-order valence-electron chi connectivity index (χ2n) is 8.41. The SMILES string of the molecule is Cn1c(=O)n2n(c1=O)[C@@H]1C[C@@]3(Cl)C(=O)C(Cl)=C(Cl)C(=O)[C@@]3(Cl)[C@@H](c3cc(Cl)ccc3O)C1=CC2. The molecule has 0 spiro atoms. The predicted molar refractivity (Wildman–Crippen MR) is 127 cm³/mol. The highest BCUT2D eigenvalue weighted by atomic mass is 35.5. The largest absolute Gasteiger partial charge is 0.508 e. The van der Waals surface area contributed by atoms with E-state index in [0.29, 0.717) is 5.57 Å². The number of aromatic nitrogens is 3. The van der Waals surface area contributed by atoms with E-state index in [1.807, 2.05) is 0 Å². The molecule has 0 unspecified atom stereocenters. The van der Waals surface area contributed by atoms with Crippen LogP contribution in [0.4, 0.5) is 0 Å². The third kappa shape index (κ3) is 2.74. The molecule has 2 heterocycles. The number of allylic oxidation sites excluding steroid dienone is 4. The zero-order valence-corrected chi connectivity index (χ0v) is 21.0. The number of Topliss-reactive ketones (excluding diaryl/α,β-unsaturated/α-hetero) is 2. The highest BCUT2D eigenvalue weighted by molar-refractivity contribution is 6.66. The van der Waals surface area contributed by atoms with Gasteiger partial charge in [-0.15, -0.1) is 23.2 Å². The molecular weight excluding hydrogens is 552 g/mol. The van der Waals surface area contributed by atoms with Crippen molar-refractivity contribution in [3.05, 3.63) is 71.5 Å². The summed E-state index contributed by atoms with van der Waals surface area (Å²) in [6.07, 6.45) is 1.29. The highest BCUT2D eigenvalue weighted by Crippen LogP contribution is 2.64. The number of alkyl halides is 2. The number of hydrogen-bond donors (Lipinski definition) is 1. The Balaban J connectivity index is 1.89. The van der Waals surface area contributed by atoms with Gasteiger partial charge in [0.2, 0.25) is 0 Å². The molecule has 2 aromatic rings. The fourth-order valence-corrected chi connectivity index (χ4v) is 6.88. The van der Waals surface area contributed by atoms with Crippen molar-refractivity contribution in [2.45, 2.75) is 34.7 Å². The maximum atomic E-state index is 13.6. The van der Waals surface area contributed by atoms with E-state index in [0.717, 1.165) is 4.57 Å². The molecule has 13 heteroatoms. The Morgan fingerprint density at radius 3 is 2.32 bits per heavy atom. The van der Waals surface area contributed by atoms with E-state index in [9.17, 15) is 24.3 Å². The van der Waals surface area contributed by atoms with E-state index in [1.165, 1.54) is 34.6 Å². The van der Waals surface area contributed by atoms with Crippen molar-refractivity contribution in [2.75, 3.05) is 0 Å². The second-order valence-corrected chi connectivity index (χ2v) is 10.8. The van der Waals surface area contributed by atoms with E-state index < -0.39 is 54.7 Å². The lowest BCUT2D eigenvalue weighted by molar-refractivity contribution is -0.128. The standard InChI is InChI=1S/C21H14Cl5N3O5/c1-27-18(33)28-5-4-9-11(29(28)19(27)34)7-20(25)16(31)14(23)15(24)17(32)21(20,26)13(9)10-6-8(22)2-3-12(10)30/h2-4,6,11,13,30H,5,7H2,1H3/t11-,13-,20-,21+/m1/s1. The first kappa shape index (κ1) is 23.8. The van der Waals surface area contributed by atoms with Crippen LogP contribution in [0.15, 0.2) is 49.5 Å². The molecule has 178 valence electrons. The van der Waals surface area contributed by atoms with Gasteiger partial charge < -0.3 is 5.11 Å². The monoisotopic (exact) mass is 563 g/mol. The fraction of sp³-hybridized carbons (Fsp3) is 0.333.